The van der Waals surface area contributed by atoms with Gasteiger partial charge in [0.2, 0.25) is 5.91 Å². The molecule has 0 atom stereocenters. The van der Waals surface area contributed by atoms with E-state index in [2.05, 4.69) is 22.1 Å². The molecule has 0 spiro atoms. The van der Waals surface area contributed by atoms with Gasteiger partial charge in [-0.3, -0.25) is 9.36 Å². The number of hydrogen-bond acceptors (Lipinski definition) is 6. The zero-order valence-corrected chi connectivity index (χ0v) is 20.0. The van der Waals surface area contributed by atoms with Crippen LogP contribution in [0, 0.1) is 6.92 Å². The number of carbonyl (C=O) groups is 1. The molecule has 0 radical (unpaired) electrons. The van der Waals surface area contributed by atoms with Gasteiger partial charge in [0.05, 0.1) is 12.9 Å². The van der Waals surface area contributed by atoms with Crippen molar-refractivity contribution in [2.24, 2.45) is 0 Å². The second-order valence-corrected chi connectivity index (χ2v) is 8.55. The quantitative estimate of drug-likeness (QED) is 0.250. The van der Waals surface area contributed by atoms with E-state index in [0.717, 1.165) is 22.0 Å². The molecule has 0 aliphatic heterocycles. The summed E-state index contributed by atoms with van der Waals surface area (Å²) in [6.45, 7) is 6.54. The van der Waals surface area contributed by atoms with Gasteiger partial charge in [0.15, 0.2) is 22.5 Å². The van der Waals surface area contributed by atoms with E-state index < -0.39 is 0 Å². The highest BCUT2D eigenvalue weighted by molar-refractivity contribution is 7.99. The summed E-state index contributed by atoms with van der Waals surface area (Å²) in [5.74, 6) is 2.01. The van der Waals surface area contributed by atoms with Crippen molar-refractivity contribution in [1.82, 2.24) is 14.8 Å². The Morgan fingerprint density at radius 3 is 2.76 bits per heavy atom. The highest BCUT2D eigenvalue weighted by atomic mass is 32.2. The van der Waals surface area contributed by atoms with Crippen molar-refractivity contribution in [3.05, 3.63) is 84.7 Å². The van der Waals surface area contributed by atoms with Crippen LogP contribution in [0.5, 0.6) is 11.5 Å². The minimum atomic E-state index is -0.114. The van der Waals surface area contributed by atoms with Gasteiger partial charge >= 0.3 is 0 Å². The lowest BCUT2D eigenvalue weighted by atomic mass is 10.1. The highest BCUT2D eigenvalue weighted by Gasteiger charge is 2.15. The third-order valence-corrected chi connectivity index (χ3v) is 6.14. The van der Waals surface area contributed by atoms with Gasteiger partial charge in [-0.1, -0.05) is 60.3 Å². The van der Waals surface area contributed by atoms with Crippen molar-refractivity contribution in [2.45, 2.75) is 25.2 Å². The lowest BCUT2D eigenvalue weighted by Crippen LogP contribution is -2.15. The van der Waals surface area contributed by atoms with Crippen LogP contribution in [0.2, 0.25) is 0 Å². The van der Waals surface area contributed by atoms with Gasteiger partial charge in [-0.25, -0.2) is 0 Å². The van der Waals surface area contributed by atoms with Crippen LogP contribution in [0.25, 0.3) is 10.8 Å². The molecule has 7 nitrogen and oxygen atoms in total. The number of anilines is 1. The van der Waals surface area contributed by atoms with E-state index in [9.17, 15) is 4.79 Å². The lowest BCUT2D eigenvalue weighted by molar-refractivity contribution is -0.113. The standard InChI is InChI=1S/C26H26N4O3S/c1-4-14-30-24(16-33-22-13-12-18(2)15-23(22)32-3)28-29-26(30)34-17-25(31)27-21-11-7-9-19-8-5-6-10-20(19)21/h4-13,15H,1,14,16-17H2,2-3H3,(H,27,31). The van der Waals surface area contributed by atoms with Crippen molar-refractivity contribution in [2.75, 3.05) is 18.2 Å². The van der Waals surface area contributed by atoms with Crippen molar-refractivity contribution in [3.8, 4) is 11.5 Å². The summed E-state index contributed by atoms with van der Waals surface area (Å²) in [6, 6.07) is 19.6. The van der Waals surface area contributed by atoms with E-state index in [1.807, 2.05) is 72.2 Å². The molecule has 4 rings (SSSR count). The van der Waals surface area contributed by atoms with Gasteiger partial charge < -0.3 is 14.8 Å². The van der Waals surface area contributed by atoms with Crippen LogP contribution < -0.4 is 14.8 Å². The van der Waals surface area contributed by atoms with Gasteiger partial charge in [-0.2, -0.15) is 0 Å². The monoisotopic (exact) mass is 474 g/mol. The molecule has 174 valence electrons. The summed E-state index contributed by atoms with van der Waals surface area (Å²) < 4.78 is 13.2. The molecule has 34 heavy (non-hydrogen) atoms. The minimum absolute atomic E-state index is 0.114. The molecular weight excluding hydrogens is 448 g/mol. The molecule has 1 aromatic heterocycles. The number of amides is 1. The van der Waals surface area contributed by atoms with Gasteiger partial charge in [0.25, 0.3) is 0 Å². The molecule has 0 unspecified atom stereocenters. The van der Waals surface area contributed by atoms with E-state index in [4.69, 9.17) is 9.47 Å². The topological polar surface area (TPSA) is 78.3 Å². The van der Waals surface area contributed by atoms with Gasteiger partial charge in [-0.05, 0) is 36.1 Å². The first-order valence-electron chi connectivity index (χ1n) is 10.8. The minimum Gasteiger partial charge on any atom is -0.493 e. The number of rotatable bonds is 10. The molecule has 1 amide bonds. The number of benzene rings is 3. The molecule has 0 fully saturated rings. The Labute approximate surface area is 202 Å². The van der Waals surface area contributed by atoms with Gasteiger partial charge in [0.1, 0.15) is 6.61 Å². The maximum atomic E-state index is 12.7. The number of allylic oxidation sites excluding steroid dienone is 1. The van der Waals surface area contributed by atoms with Crippen LogP contribution >= 0.6 is 11.8 Å². The molecule has 0 bridgehead atoms. The lowest BCUT2D eigenvalue weighted by Gasteiger charge is -2.12. The Balaban J connectivity index is 1.42. The first-order valence-corrected chi connectivity index (χ1v) is 11.8. The number of thioether (sulfide) groups is 1. The largest absolute Gasteiger partial charge is 0.493 e. The predicted octanol–water partition coefficient (Wildman–Crippen LogP) is 5.24. The van der Waals surface area contributed by atoms with Gasteiger partial charge in [-0.15, -0.1) is 16.8 Å². The van der Waals surface area contributed by atoms with Crippen LogP contribution in [0.15, 0.2) is 78.5 Å². The Morgan fingerprint density at radius 2 is 1.94 bits per heavy atom. The van der Waals surface area contributed by atoms with E-state index in [1.54, 1.807) is 13.2 Å². The number of aromatic nitrogens is 3. The SMILES string of the molecule is C=CCn1c(COc2ccc(C)cc2OC)nnc1SCC(=O)Nc1cccc2ccccc12. The molecule has 1 heterocycles. The highest BCUT2D eigenvalue weighted by Crippen LogP contribution is 2.29. The fourth-order valence-electron chi connectivity index (χ4n) is 3.53. The van der Waals surface area contributed by atoms with Crippen molar-refractivity contribution in [1.29, 1.82) is 0 Å². The molecule has 0 saturated heterocycles. The first kappa shape index (κ1) is 23.4. The Hall–Kier alpha value is -3.78. The van der Waals surface area contributed by atoms with Crippen LogP contribution in [-0.4, -0.2) is 33.5 Å². The van der Waals surface area contributed by atoms with E-state index >= 15 is 0 Å². The Morgan fingerprint density at radius 1 is 1.12 bits per heavy atom. The average Bonchev–Trinajstić information content (AvgIpc) is 3.23. The Kier molecular flexibility index (Phi) is 7.49. The smallest absolute Gasteiger partial charge is 0.234 e. The first-order chi connectivity index (χ1) is 16.6. The molecule has 8 heteroatoms. The van der Waals surface area contributed by atoms with Crippen LogP contribution in [0.3, 0.4) is 0 Å². The second kappa shape index (κ2) is 10.9. The average molecular weight is 475 g/mol. The Bertz CT molecular complexity index is 1310. The molecule has 0 aliphatic carbocycles. The number of methoxy groups -OCH3 is 1. The number of aryl methyl sites for hydroxylation is 1. The molecule has 1 N–H and O–H groups in total. The van der Waals surface area contributed by atoms with Crippen molar-refractivity contribution < 1.29 is 14.3 Å². The van der Waals surface area contributed by atoms with E-state index in [-0.39, 0.29) is 18.3 Å². The van der Waals surface area contributed by atoms with E-state index in [0.29, 0.717) is 29.0 Å². The van der Waals surface area contributed by atoms with Crippen molar-refractivity contribution >= 4 is 34.1 Å². The zero-order chi connectivity index (χ0) is 23.9. The predicted molar refractivity (Wildman–Crippen MR) is 136 cm³/mol. The molecule has 3 aromatic carbocycles. The van der Waals surface area contributed by atoms with Crippen LogP contribution in [0.1, 0.15) is 11.4 Å². The molecular formula is C26H26N4O3S. The van der Waals surface area contributed by atoms with Crippen LogP contribution in [-0.2, 0) is 17.9 Å². The summed E-state index contributed by atoms with van der Waals surface area (Å²) in [5, 5.41) is 14.3. The summed E-state index contributed by atoms with van der Waals surface area (Å²) in [5.41, 5.74) is 1.87. The number of fused-ring (bicyclic) bond motifs is 1. The summed E-state index contributed by atoms with van der Waals surface area (Å²) >= 11 is 1.32. The maximum absolute atomic E-state index is 12.7. The summed E-state index contributed by atoms with van der Waals surface area (Å²) in [6.07, 6.45) is 1.76. The normalized spacial score (nSPS) is 10.8. The second-order valence-electron chi connectivity index (χ2n) is 7.60. The molecule has 4 aromatic rings. The van der Waals surface area contributed by atoms with Gasteiger partial charge in [0, 0.05) is 17.6 Å². The zero-order valence-electron chi connectivity index (χ0n) is 19.2. The number of carbonyl (C=O) groups excluding carboxylic acids is 1. The number of nitrogens with one attached hydrogen (secondary N) is 1. The van der Waals surface area contributed by atoms with Crippen molar-refractivity contribution in [3.63, 3.8) is 0 Å². The summed E-state index contributed by atoms with van der Waals surface area (Å²) in [7, 11) is 1.61. The number of nitrogens with zero attached hydrogens (tertiary/aromatic N) is 3. The maximum Gasteiger partial charge on any atom is 0.234 e. The van der Waals surface area contributed by atoms with Crippen LogP contribution in [0.4, 0.5) is 5.69 Å². The number of ether oxygens (including phenoxy) is 2. The third kappa shape index (κ3) is 5.40. The molecule has 0 aliphatic rings. The fourth-order valence-corrected chi connectivity index (χ4v) is 4.30. The fraction of sp³-hybridized carbons (Fsp3) is 0.192. The third-order valence-electron chi connectivity index (χ3n) is 5.18. The summed E-state index contributed by atoms with van der Waals surface area (Å²) in [4.78, 5) is 12.7. The van der Waals surface area contributed by atoms with E-state index in [1.165, 1.54) is 11.8 Å². The molecule has 0 saturated carbocycles. The number of hydrogen-bond donors (Lipinski definition) is 1.